The summed E-state index contributed by atoms with van der Waals surface area (Å²) in [4.78, 5) is 0. The number of unbranched alkanes of at least 4 members (excludes halogenated alkanes) is 3. The van der Waals surface area contributed by atoms with Gasteiger partial charge in [-0.05, 0) is 159 Å². The minimum Gasteiger partial charge on any atom is -0.429 e. The van der Waals surface area contributed by atoms with Crippen LogP contribution < -0.4 is 18.9 Å². The summed E-state index contributed by atoms with van der Waals surface area (Å²) in [6.45, 7) is 4.33. The number of rotatable bonds is 17. The molecule has 65 heavy (non-hydrogen) atoms. The Hall–Kier alpha value is -4.76. The van der Waals surface area contributed by atoms with Crippen molar-refractivity contribution in [2.75, 3.05) is 0 Å². The second-order valence-electron chi connectivity index (χ2n) is 16.8. The summed E-state index contributed by atoms with van der Waals surface area (Å²) >= 11 is 0. The third-order valence-electron chi connectivity index (χ3n) is 12.0. The van der Waals surface area contributed by atoms with Gasteiger partial charge in [-0.2, -0.15) is 17.6 Å². The quantitative estimate of drug-likeness (QED) is 0.0781. The molecule has 0 spiro atoms. The van der Waals surface area contributed by atoms with Crippen molar-refractivity contribution in [3.63, 3.8) is 0 Å². The van der Waals surface area contributed by atoms with Gasteiger partial charge in [0.05, 0.1) is 11.1 Å². The molecule has 358 valence electrons. The van der Waals surface area contributed by atoms with E-state index in [1.54, 1.807) is 0 Å². The molecule has 0 aliphatic heterocycles. The van der Waals surface area contributed by atoms with Crippen LogP contribution in [0.4, 0.5) is 52.7 Å². The second-order valence-corrected chi connectivity index (χ2v) is 16.8. The number of halogens is 12. The van der Waals surface area contributed by atoms with Crippen LogP contribution >= 0.6 is 0 Å². The van der Waals surface area contributed by atoms with Gasteiger partial charge in [0.1, 0.15) is 34.6 Å². The highest BCUT2D eigenvalue weighted by atomic mass is 19.4. The van der Waals surface area contributed by atoms with Crippen LogP contribution in [0.1, 0.15) is 144 Å². The van der Waals surface area contributed by atoms with Crippen molar-refractivity contribution in [3.05, 3.63) is 119 Å². The first kappa shape index (κ1) is 51.2. The van der Waals surface area contributed by atoms with Crippen LogP contribution in [-0.4, -0.2) is 12.7 Å². The van der Waals surface area contributed by atoms with E-state index in [0.29, 0.717) is 23.0 Å². The van der Waals surface area contributed by atoms with Gasteiger partial charge in [-0.25, -0.2) is 8.78 Å². The fraction of sp³-hybridized carbons (Fsp3) is 0.510. The molecule has 0 aromatic heterocycles. The van der Waals surface area contributed by atoms with Crippen LogP contribution in [0, 0.1) is 23.5 Å². The Morgan fingerprint density at radius 2 is 0.738 bits per heavy atom. The molecule has 0 saturated heterocycles. The van der Waals surface area contributed by atoms with Crippen LogP contribution in [-0.2, 0) is 12.2 Å². The SMILES string of the molecule is CCCCC1CCC(c2ccc(C(F)(F)Oc3ccc(OC(F)(F)F)cc3)c(F)c2)CC1.CCCCCC1CCC(c2ccc(C(F)(F)Oc3ccc(OC(F)(F)F)cc3)c(F)c2)CC1. The van der Waals surface area contributed by atoms with Gasteiger partial charge in [-0.3, -0.25) is 0 Å². The molecule has 2 aliphatic carbocycles. The molecule has 0 radical (unpaired) electrons. The minimum atomic E-state index is -4.90. The Bertz CT molecular complexity index is 2050. The summed E-state index contributed by atoms with van der Waals surface area (Å²) in [6.07, 6.45) is -1.49. The van der Waals surface area contributed by atoms with Gasteiger partial charge in [0.25, 0.3) is 0 Å². The molecule has 4 aromatic carbocycles. The predicted octanol–water partition coefficient (Wildman–Crippen LogP) is 17.0. The Morgan fingerprint density at radius 1 is 0.415 bits per heavy atom. The molecular weight excluding hydrogens is 881 g/mol. The first-order valence-electron chi connectivity index (χ1n) is 22.1. The standard InChI is InChI=1S/C25H28F6O2.C24H26F6O2/c1-2-3-4-5-17-6-8-18(9-7-17)19-10-15-22(23(26)16-19)24(27,28)32-20-11-13-21(14-12-20)33-25(29,30)31;1-2-3-4-16-5-7-17(8-6-16)18-9-14-21(22(25)15-18)23(26,27)31-19-10-12-20(13-11-19)32-24(28,29)30/h10-18H,2-9H2,1H3;9-17H,2-8H2,1H3. The molecule has 0 heterocycles. The normalized spacial score (nSPS) is 19.5. The molecule has 0 bridgehead atoms. The molecule has 2 aliphatic rings. The lowest BCUT2D eigenvalue weighted by atomic mass is 9.77. The average Bonchev–Trinajstić information content (AvgIpc) is 3.23. The smallest absolute Gasteiger partial charge is 0.429 e. The number of benzene rings is 4. The first-order chi connectivity index (χ1) is 30.6. The molecule has 16 heteroatoms. The van der Waals surface area contributed by atoms with Crippen molar-refractivity contribution in [3.8, 4) is 23.0 Å². The lowest BCUT2D eigenvalue weighted by Gasteiger charge is -2.29. The van der Waals surface area contributed by atoms with E-state index in [4.69, 9.17) is 0 Å². The Balaban J connectivity index is 0.000000244. The molecule has 0 amide bonds. The zero-order chi connectivity index (χ0) is 47.4. The number of alkyl halides is 10. The lowest BCUT2D eigenvalue weighted by molar-refractivity contribution is -0.275. The zero-order valence-electron chi connectivity index (χ0n) is 36.2. The van der Waals surface area contributed by atoms with Gasteiger partial charge < -0.3 is 18.9 Å². The summed E-state index contributed by atoms with van der Waals surface area (Å²) in [5.74, 6) is -2.47. The maximum Gasteiger partial charge on any atom is 0.573 e. The topological polar surface area (TPSA) is 36.9 Å². The molecule has 0 atom stereocenters. The fourth-order valence-electron chi connectivity index (χ4n) is 8.61. The highest BCUT2D eigenvalue weighted by molar-refractivity contribution is 5.35. The molecule has 4 nitrogen and oxygen atoms in total. The van der Waals surface area contributed by atoms with E-state index in [0.717, 1.165) is 131 Å². The molecule has 2 fully saturated rings. The van der Waals surface area contributed by atoms with Gasteiger partial charge in [-0.1, -0.05) is 70.9 Å². The van der Waals surface area contributed by atoms with E-state index < -0.39 is 70.7 Å². The number of ether oxygens (including phenoxy) is 4. The highest BCUT2D eigenvalue weighted by Gasteiger charge is 2.40. The largest absolute Gasteiger partial charge is 0.573 e. The molecule has 0 N–H and O–H groups in total. The van der Waals surface area contributed by atoms with E-state index in [9.17, 15) is 52.7 Å². The molecule has 6 rings (SSSR count). The van der Waals surface area contributed by atoms with Gasteiger partial charge in [0.15, 0.2) is 0 Å². The fourth-order valence-corrected chi connectivity index (χ4v) is 8.61. The van der Waals surface area contributed by atoms with E-state index >= 15 is 0 Å². The van der Waals surface area contributed by atoms with Crippen molar-refractivity contribution in [1.29, 1.82) is 0 Å². The first-order valence-corrected chi connectivity index (χ1v) is 22.1. The Morgan fingerprint density at radius 3 is 1.05 bits per heavy atom. The van der Waals surface area contributed by atoms with Gasteiger partial charge >= 0.3 is 24.9 Å². The Labute approximate surface area is 371 Å². The van der Waals surface area contributed by atoms with Crippen molar-refractivity contribution < 1.29 is 71.6 Å². The monoisotopic (exact) mass is 934 g/mol. The molecular formula is C49H54F12O4. The van der Waals surface area contributed by atoms with Crippen molar-refractivity contribution >= 4 is 0 Å². The maximum atomic E-state index is 14.6. The summed E-state index contributed by atoms with van der Waals surface area (Å²) < 4.78 is 177. The van der Waals surface area contributed by atoms with E-state index in [1.165, 1.54) is 50.7 Å². The summed E-state index contributed by atoms with van der Waals surface area (Å²) in [7, 11) is 0. The van der Waals surface area contributed by atoms with Crippen LogP contribution in [0.15, 0.2) is 84.9 Å². The van der Waals surface area contributed by atoms with Crippen molar-refractivity contribution in [2.24, 2.45) is 11.8 Å². The maximum absolute atomic E-state index is 14.6. The van der Waals surface area contributed by atoms with Crippen molar-refractivity contribution in [2.45, 2.75) is 147 Å². The van der Waals surface area contributed by atoms with Gasteiger partial charge in [0.2, 0.25) is 0 Å². The summed E-state index contributed by atoms with van der Waals surface area (Å²) in [5.41, 5.74) is -0.444. The summed E-state index contributed by atoms with van der Waals surface area (Å²) in [5, 5.41) is 0. The molecule has 4 aromatic rings. The second kappa shape index (κ2) is 22.6. The Kier molecular flexibility index (Phi) is 17.8. The van der Waals surface area contributed by atoms with Gasteiger partial charge in [-0.15, -0.1) is 26.3 Å². The molecule has 0 unspecified atom stereocenters. The number of hydrogen-bond donors (Lipinski definition) is 0. The van der Waals surface area contributed by atoms with Crippen molar-refractivity contribution in [1.82, 2.24) is 0 Å². The molecule has 2 saturated carbocycles. The lowest BCUT2D eigenvalue weighted by Crippen LogP contribution is -2.24. The van der Waals surface area contributed by atoms with Crippen LogP contribution in [0.25, 0.3) is 0 Å². The number of hydrogen-bond acceptors (Lipinski definition) is 4. The zero-order valence-corrected chi connectivity index (χ0v) is 36.2. The van der Waals surface area contributed by atoms with Gasteiger partial charge in [0, 0.05) is 0 Å². The minimum absolute atomic E-state index is 0.145. The summed E-state index contributed by atoms with van der Waals surface area (Å²) in [6, 6.07) is 14.3. The van der Waals surface area contributed by atoms with E-state index in [-0.39, 0.29) is 11.8 Å². The van der Waals surface area contributed by atoms with Crippen LogP contribution in [0.3, 0.4) is 0 Å². The average molecular weight is 935 g/mol. The van der Waals surface area contributed by atoms with Crippen LogP contribution in [0.5, 0.6) is 23.0 Å². The third kappa shape index (κ3) is 16.0. The third-order valence-corrected chi connectivity index (χ3v) is 12.0. The van der Waals surface area contributed by atoms with E-state index in [2.05, 4.69) is 32.8 Å². The van der Waals surface area contributed by atoms with E-state index in [1.807, 2.05) is 0 Å². The highest BCUT2D eigenvalue weighted by Crippen LogP contribution is 2.42. The predicted molar refractivity (Wildman–Crippen MR) is 221 cm³/mol. The van der Waals surface area contributed by atoms with Crippen LogP contribution in [0.2, 0.25) is 0 Å².